The summed E-state index contributed by atoms with van der Waals surface area (Å²) in [4.78, 5) is 0. The molecule has 0 aromatic heterocycles. The maximum atomic E-state index is 2.42. The average molecular weight is 321 g/mol. The van der Waals surface area contributed by atoms with Gasteiger partial charge in [0.1, 0.15) is 0 Å². The van der Waals surface area contributed by atoms with E-state index in [2.05, 4.69) is 48.1 Å². The van der Waals surface area contributed by atoms with E-state index in [1.807, 2.05) is 0 Å². The number of unbranched alkanes of at least 4 members (excludes halogenated alkanes) is 8. The fourth-order valence-electron chi connectivity index (χ4n) is 1.55. The van der Waals surface area contributed by atoms with E-state index >= 15 is 0 Å². The number of allylic oxidation sites excluding steroid dienone is 2. The highest BCUT2D eigenvalue weighted by atomic mass is 127. The second kappa shape index (κ2) is 14.5. The molecule has 15 heavy (non-hydrogen) atoms. The van der Waals surface area contributed by atoms with Gasteiger partial charge in [0.25, 0.3) is 0 Å². The van der Waals surface area contributed by atoms with Crippen LogP contribution >= 0.6 is 22.6 Å². The Kier molecular flexibility index (Phi) is 14.9. The lowest BCUT2D eigenvalue weighted by atomic mass is 10.1. The van der Waals surface area contributed by atoms with Crippen molar-refractivity contribution in [2.75, 3.05) is 4.43 Å². The van der Waals surface area contributed by atoms with Crippen LogP contribution in [0.3, 0.4) is 0 Å². The van der Waals surface area contributed by atoms with Gasteiger partial charge < -0.3 is 0 Å². The molecule has 0 aliphatic rings. The van der Waals surface area contributed by atoms with Gasteiger partial charge in [0, 0.05) is 0 Å². The monoisotopic (exact) mass is 321 g/mol. The van der Waals surface area contributed by atoms with Gasteiger partial charge in [-0.25, -0.2) is 0 Å². The summed E-state index contributed by atoms with van der Waals surface area (Å²) < 4.78 is 1.25. The van der Waals surface area contributed by atoms with Crippen LogP contribution in [0, 0.1) is 6.42 Å². The molecule has 0 aromatic carbocycles. The molecule has 0 saturated carbocycles. The average Bonchev–Trinajstić information content (AvgIpc) is 2.26. The van der Waals surface area contributed by atoms with Gasteiger partial charge in [0.05, 0.1) is 0 Å². The molecule has 0 spiro atoms. The fraction of sp³-hybridized carbons (Fsp3) is 0.786. The maximum Gasteiger partial charge on any atom is -0.000188 e. The van der Waals surface area contributed by atoms with E-state index in [4.69, 9.17) is 0 Å². The van der Waals surface area contributed by atoms with Crippen LogP contribution in [-0.4, -0.2) is 4.43 Å². The lowest BCUT2D eigenvalue weighted by molar-refractivity contribution is 0.611. The van der Waals surface area contributed by atoms with E-state index < -0.39 is 0 Å². The van der Waals surface area contributed by atoms with E-state index in [1.165, 1.54) is 62.2 Å². The molecule has 0 saturated heterocycles. The molecule has 0 bridgehead atoms. The molecule has 0 aromatic rings. The largest absolute Gasteiger partial charge is 0.0885 e. The van der Waals surface area contributed by atoms with Crippen molar-refractivity contribution in [3.63, 3.8) is 0 Å². The molecule has 0 N–H and O–H groups in total. The van der Waals surface area contributed by atoms with Crippen LogP contribution in [0.1, 0.15) is 64.7 Å². The molecule has 0 rings (SSSR count). The molecule has 0 amide bonds. The molecule has 89 valence electrons. The first-order valence-corrected chi connectivity index (χ1v) is 7.97. The van der Waals surface area contributed by atoms with Crippen molar-refractivity contribution in [2.45, 2.75) is 64.7 Å². The van der Waals surface area contributed by atoms with Crippen LogP contribution in [0.5, 0.6) is 0 Å². The Morgan fingerprint density at radius 1 is 0.867 bits per heavy atom. The second-order valence-corrected chi connectivity index (χ2v) is 5.11. The molecule has 0 heterocycles. The summed E-state index contributed by atoms with van der Waals surface area (Å²) in [6.07, 6.45) is 19.2. The van der Waals surface area contributed by atoms with Gasteiger partial charge in [-0.1, -0.05) is 73.8 Å². The Balaban J connectivity index is 2.96. The van der Waals surface area contributed by atoms with Crippen LogP contribution in [-0.2, 0) is 0 Å². The van der Waals surface area contributed by atoms with Crippen LogP contribution in [0.15, 0.2) is 12.2 Å². The van der Waals surface area contributed by atoms with Gasteiger partial charge >= 0.3 is 0 Å². The first kappa shape index (κ1) is 15.5. The number of hydrogen-bond acceptors (Lipinski definition) is 0. The minimum absolute atomic E-state index is 1.17. The lowest BCUT2D eigenvalue weighted by Crippen LogP contribution is -1.78. The van der Waals surface area contributed by atoms with E-state index in [1.54, 1.807) is 0 Å². The van der Waals surface area contributed by atoms with Crippen LogP contribution in [0.2, 0.25) is 0 Å². The SMILES string of the molecule is CCCCCCCC/C=C\C[CH]CCI. The molecule has 0 unspecified atom stereocenters. The van der Waals surface area contributed by atoms with E-state index in [9.17, 15) is 0 Å². The zero-order valence-electron chi connectivity index (χ0n) is 10.2. The maximum absolute atomic E-state index is 2.42. The third-order valence-corrected chi connectivity index (χ3v) is 3.13. The topological polar surface area (TPSA) is 0 Å². The number of rotatable bonds is 11. The molecule has 0 atom stereocenters. The summed E-state index contributed by atoms with van der Waals surface area (Å²) >= 11 is 2.42. The number of hydrogen-bond donors (Lipinski definition) is 0. The highest BCUT2D eigenvalue weighted by molar-refractivity contribution is 14.1. The number of halogens is 1. The second-order valence-electron chi connectivity index (χ2n) is 4.03. The predicted molar refractivity (Wildman–Crippen MR) is 79.6 cm³/mol. The molecule has 0 fully saturated rings. The van der Waals surface area contributed by atoms with Crippen LogP contribution in [0.4, 0.5) is 0 Å². The molecular weight excluding hydrogens is 295 g/mol. The predicted octanol–water partition coefficient (Wildman–Crippen LogP) is 5.71. The minimum atomic E-state index is 1.17. The van der Waals surface area contributed by atoms with Crippen molar-refractivity contribution in [1.29, 1.82) is 0 Å². The molecule has 0 nitrogen and oxygen atoms in total. The zero-order valence-corrected chi connectivity index (χ0v) is 12.3. The van der Waals surface area contributed by atoms with Crippen molar-refractivity contribution in [1.82, 2.24) is 0 Å². The summed E-state index contributed by atoms with van der Waals surface area (Å²) in [7, 11) is 0. The van der Waals surface area contributed by atoms with Crippen LogP contribution in [0.25, 0.3) is 0 Å². The highest BCUT2D eigenvalue weighted by Crippen LogP contribution is 2.07. The number of alkyl halides is 1. The standard InChI is InChI=1S/C14H26I/c1-2-3-4-5-6-7-8-9-10-11-12-13-14-15/h9-10,12H,2-8,11,13-14H2,1H3/b10-9-. The first-order chi connectivity index (χ1) is 7.41. The fourth-order valence-corrected chi connectivity index (χ4v) is 1.99. The first-order valence-electron chi connectivity index (χ1n) is 6.44. The van der Waals surface area contributed by atoms with Gasteiger partial charge in [0.15, 0.2) is 0 Å². The van der Waals surface area contributed by atoms with E-state index in [0.29, 0.717) is 0 Å². The Labute approximate surface area is 110 Å². The smallest absolute Gasteiger partial charge is 0.000188 e. The summed E-state index contributed by atoms with van der Waals surface area (Å²) in [6, 6.07) is 0. The lowest BCUT2D eigenvalue weighted by Gasteiger charge is -1.97. The third kappa shape index (κ3) is 14.5. The van der Waals surface area contributed by atoms with Gasteiger partial charge in [0.2, 0.25) is 0 Å². The van der Waals surface area contributed by atoms with Gasteiger partial charge in [-0.3, -0.25) is 0 Å². The molecule has 1 heteroatoms. The van der Waals surface area contributed by atoms with E-state index in [-0.39, 0.29) is 0 Å². The Morgan fingerprint density at radius 3 is 2.33 bits per heavy atom. The minimum Gasteiger partial charge on any atom is -0.0885 e. The van der Waals surface area contributed by atoms with Crippen LogP contribution < -0.4 is 0 Å². The quantitative estimate of drug-likeness (QED) is 0.198. The van der Waals surface area contributed by atoms with Crippen molar-refractivity contribution < 1.29 is 0 Å². The Bertz CT molecular complexity index is 129. The van der Waals surface area contributed by atoms with Gasteiger partial charge in [-0.2, -0.15) is 0 Å². The van der Waals surface area contributed by atoms with Gasteiger partial charge in [-0.05, 0) is 36.5 Å². The van der Waals surface area contributed by atoms with E-state index in [0.717, 1.165) is 0 Å². The summed E-state index contributed by atoms with van der Waals surface area (Å²) in [5, 5.41) is 0. The summed E-state index contributed by atoms with van der Waals surface area (Å²) in [6.45, 7) is 2.27. The molecule has 0 aliphatic heterocycles. The van der Waals surface area contributed by atoms with Crippen molar-refractivity contribution >= 4 is 22.6 Å². The van der Waals surface area contributed by atoms with Gasteiger partial charge in [-0.15, -0.1) is 0 Å². The molecule has 0 aliphatic carbocycles. The third-order valence-electron chi connectivity index (χ3n) is 2.51. The summed E-state index contributed by atoms with van der Waals surface area (Å²) in [5.41, 5.74) is 0. The molecular formula is C14H26I. The highest BCUT2D eigenvalue weighted by Gasteiger charge is 1.88. The zero-order chi connectivity index (χ0) is 11.2. The Hall–Kier alpha value is 0.470. The summed E-state index contributed by atoms with van der Waals surface area (Å²) in [5.74, 6) is 0. The van der Waals surface area contributed by atoms with Crippen molar-refractivity contribution in [3.05, 3.63) is 18.6 Å². The van der Waals surface area contributed by atoms with Crippen molar-refractivity contribution in [2.24, 2.45) is 0 Å². The molecule has 1 radical (unpaired) electrons. The Morgan fingerprint density at radius 2 is 1.60 bits per heavy atom. The normalized spacial score (nSPS) is 11.3. The van der Waals surface area contributed by atoms with Crippen molar-refractivity contribution in [3.8, 4) is 0 Å².